The van der Waals surface area contributed by atoms with Crippen LogP contribution < -0.4 is 9.64 Å². The molecule has 6 heteroatoms. The van der Waals surface area contributed by atoms with Gasteiger partial charge in [0.15, 0.2) is 0 Å². The summed E-state index contributed by atoms with van der Waals surface area (Å²) < 4.78 is 5.33. The minimum absolute atomic E-state index is 0.0834. The molecule has 3 amide bonds. The molecule has 32 heavy (non-hydrogen) atoms. The van der Waals surface area contributed by atoms with Crippen molar-refractivity contribution < 1.29 is 19.1 Å². The first kappa shape index (κ1) is 21.3. The average Bonchev–Trinajstić information content (AvgIpc) is 3.03. The van der Waals surface area contributed by atoms with Gasteiger partial charge in [0.1, 0.15) is 5.75 Å². The maximum atomic E-state index is 13.5. The lowest BCUT2D eigenvalue weighted by Crippen LogP contribution is -2.41. The topological polar surface area (TPSA) is 66.9 Å². The van der Waals surface area contributed by atoms with Crippen LogP contribution in [0.3, 0.4) is 0 Å². The highest BCUT2D eigenvalue weighted by Gasteiger charge is 2.35. The standard InChI is InChI=1S/C26H24N2O4/c1-17-13-18(2)15-19(14-17)24(29)27(20-7-6-8-21(16-20)32-3)11-12-28-25(30)22-9-4-5-10-23(22)26(28)31/h4-10,13-16H,11-12H2,1-3H3. The molecule has 1 aliphatic heterocycles. The SMILES string of the molecule is COc1cccc(N(CCN2C(=O)c3ccccc3C2=O)C(=O)c2cc(C)cc(C)c2)c1. The molecule has 0 N–H and O–H groups in total. The summed E-state index contributed by atoms with van der Waals surface area (Å²) in [4.78, 5) is 41.9. The van der Waals surface area contributed by atoms with Gasteiger partial charge in [0.25, 0.3) is 17.7 Å². The van der Waals surface area contributed by atoms with Gasteiger partial charge < -0.3 is 9.64 Å². The molecule has 0 aromatic heterocycles. The van der Waals surface area contributed by atoms with Crippen molar-refractivity contribution >= 4 is 23.4 Å². The molecule has 0 fully saturated rings. The van der Waals surface area contributed by atoms with Crippen LogP contribution in [0.5, 0.6) is 5.75 Å². The third-order valence-corrected chi connectivity index (χ3v) is 5.50. The van der Waals surface area contributed by atoms with Crippen molar-refractivity contribution in [3.05, 3.63) is 94.5 Å². The Bertz CT molecular complexity index is 1160. The Morgan fingerprint density at radius 3 is 2.09 bits per heavy atom. The summed E-state index contributed by atoms with van der Waals surface area (Å²) in [5, 5.41) is 0. The van der Waals surface area contributed by atoms with Crippen LogP contribution in [0.2, 0.25) is 0 Å². The maximum absolute atomic E-state index is 13.5. The molecular formula is C26H24N2O4. The molecular weight excluding hydrogens is 404 g/mol. The fourth-order valence-electron chi connectivity index (χ4n) is 4.02. The molecule has 162 valence electrons. The fourth-order valence-corrected chi connectivity index (χ4v) is 4.02. The highest BCUT2D eigenvalue weighted by atomic mass is 16.5. The van der Waals surface area contributed by atoms with E-state index in [2.05, 4.69) is 0 Å². The number of ether oxygens (including phenoxy) is 1. The number of imide groups is 1. The smallest absolute Gasteiger partial charge is 0.261 e. The van der Waals surface area contributed by atoms with Gasteiger partial charge in [0.05, 0.1) is 18.2 Å². The molecule has 0 radical (unpaired) electrons. The number of methoxy groups -OCH3 is 1. The third-order valence-electron chi connectivity index (χ3n) is 5.50. The Kier molecular flexibility index (Phi) is 5.77. The van der Waals surface area contributed by atoms with Crippen LogP contribution in [-0.4, -0.2) is 42.8 Å². The Morgan fingerprint density at radius 1 is 0.875 bits per heavy atom. The average molecular weight is 428 g/mol. The number of amides is 3. The summed E-state index contributed by atoms with van der Waals surface area (Å²) in [6, 6.07) is 19.6. The first-order chi connectivity index (χ1) is 15.4. The van der Waals surface area contributed by atoms with Crippen molar-refractivity contribution in [3.8, 4) is 5.75 Å². The van der Waals surface area contributed by atoms with E-state index >= 15 is 0 Å². The van der Waals surface area contributed by atoms with Crippen molar-refractivity contribution in [3.63, 3.8) is 0 Å². The molecule has 4 rings (SSSR count). The van der Waals surface area contributed by atoms with Crippen molar-refractivity contribution in [1.82, 2.24) is 4.90 Å². The number of anilines is 1. The first-order valence-corrected chi connectivity index (χ1v) is 10.4. The third kappa shape index (κ3) is 3.99. The normalized spacial score (nSPS) is 12.7. The number of aryl methyl sites for hydroxylation is 2. The minimum Gasteiger partial charge on any atom is -0.497 e. The summed E-state index contributed by atoms with van der Waals surface area (Å²) >= 11 is 0. The van der Waals surface area contributed by atoms with Gasteiger partial charge in [-0.05, 0) is 50.2 Å². The second kappa shape index (κ2) is 8.67. The molecule has 0 atom stereocenters. The molecule has 1 aliphatic rings. The number of nitrogens with zero attached hydrogens (tertiary/aromatic N) is 2. The molecule has 0 bridgehead atoms. The quantitative estimate of drug-likeness (QED) is 0.551. The highest BCUT2D eigenvalue weighted by molar-refractivity contribution is 6.21. The van der Waals surface area contributed by atoms with Crippen LogP contribution in [0.1, 0.15) is 42.2 Å². The van der Waals surface area contributed by atoms with Crippen molar-refractivity contribution in [2.75, 3.05) is 25.1 Å². The van der Waals surface area contributed by atoms with Crippen molar-refractivity contribution in [1.29, 1.82) is 0 Å². The number of hydrogen-bond acceptors (Lipinski definition) is 4. The Morgan fingerprint density at radius 2 is 1.50 bits per heavy atom. The fraction of sp³-hybridized carbons (Fsp3) is 0.192. The lowest BCUT2D eigenvalue weighted by Gasteiger charge is -2.26. The van der Waals surface area contributed by atoms with Crippen LogP contribution in [-0.2, 0) is 0 Å². The van der Waals surface area contributed by atoms with Gasteiger partial charge in [-0.15, -0.1) is 0 Å². The van der Waals surface area contributed by atoms with Crippen LogP contribution >= 0.6 is 0 Å². The lowest BCUT2D eigenvalue weighted by atomic mass is 10.1. The molecule has 3 aromatic rings. The summed E-state index contributed by atoms with van der Waals surface area (Å²) in [5.74, 6) is -0.270. The number of benzene rings is 3. The van der Waals surface area contributed by atoms with E-state index < -0.39 is 0 Å². The molecule has 0 aliphatic carbocycles. The lowest BCUT2D eigenvalue weighted by molar-refractivity contribution is 0.0654. The zero-order valence-corrected chi connectivity index (χ0v) is 18.3. The van der Waals surface area contributed by atoms with Gasteiger partial charge in [0, 0.05) is 30.4 Å². The minimum atomic E-state index is -0.338. The Labute approximate surface area is 187 Å². The molecule has 0 saturated carbocycles. The Balaban J connectivity index is 1.65. The van der Waals surface area contributed by atoms with Crippen LogP contribution in [0.25, 0.3) is 0 Å². The van der Waals surface area contributed by atoms with E-state index in [0.29, 0.717) is 28.1 Å². The highest BCUT2D eigenvalue weighted by Crippen LogP contribution is 2.26. The van der Waals surface area contributed by atoms with Gasteiger partial charge in [-0.1, -0.05) is 35.4 Å². The van der Waals surface area contributed by atoms with Gasteiger partial charge in [-0.3, -0.25) is 19.3 Å². The van der Waals surface area contributed by atoms with Crippen LogP contribution in [0.4, 0.5) is 5.69 Å². The van der Waals surface area contributed by atoms with Crippen LogP contribution in [0.15, 0.2) is 66.7 Å². The van der Waals surface area contributed by atoms with Crippen molar-refractivity contribution in [2.24, 2.45) is 0 Å². The van der Waals surface area contributed by atoms with Gasteiger partial charge in [-0.2, -0.15) is 0 Å². The summed E-state index contributed by atoms with van der Waals surface area (Å²) in [6.07, 6.45) is 0. The summed E-state index contributed by atoms with van der Waals surface area (Å²) in [7, 11) is 1.56. The molecule has 0 saturated heterocycles. The van der Waals surface area contributed by atoms with E-state index in [1.165, 1.54) is 4.90 Å². The number of carbonyl (C=O) groups is 3. The maximum Gasteiger partial charge on any atom is 0.261 e. The molecule has 0 unspecified atom stereocenters. The monoisotopic (exact) mass is 428 g/mol. The number of rotatable bonds is 6. The zero-order chi connectivity index (χ0) is 22.8. The van der Waals surface area contributed by atoms with E-state index in [4.69, 9.17) is 4.74 Å². The number of hydrogen-bond donors (Lipinski definition) is 0. The largest absolute Gasteiger partial charge is 0.497 e. The summed E-state index contributed by atoms with van der Waals surface area (Å²) in [6.45, 7) is 4.13. The number of carbonyl (C=O) groups excluding carboxylic acids is 3. The second-order valence-corrected chi connectivity index (χ2v) is 7.84. The van der Waals surface area contributed by atoms with E-state index in [9.17, 15) is 14.4 Å². The van der Waals surface area contributed by atoms with E-state index in [1.807, 2.05) is 38.1 Å². The Hall–Kier alpha value is -3.93. The van der Waals surface area contributed by atoms with Gasteiger partial charge >= 0.3 is 0 Å². The number of fused-ring (bicyclic) bond motifs is 1. The van der Waals surface area contributed by atoms with E-state index in [1.54, 1.807) is 54.5 Å². The van der Waals surface area contributed by atoms with Gasteiger partial charge in [-0.25, -0.2) is 0 Å². The first-order valence-electron chi connectivity index (χ1n) is 10.4. The predicted molar refractivity (Wildman–Crippen MR) is 122 cm³/mol. The van der Waals surface area contributed by atoms with Crippen LogP contribution in [0, 0.1) is 13.8 Å². The van der Waals surface area contributed by atoms with Crippen molar-refractivity contribution in [2.45, 2.75) is 13.8 Å². The van der Waals surface area contributed by atoms with E-state index in [0.717, 1.165) is 11.1 Å². The molecule has 3 aromatic carbocycles. The summed E-state index contributed by atoms with van der Waals surface area (Å²) in [5.41, 5.74) is 3.94. The molecule has 6 nitrogen and oxygen atoms in total. The van der Waals surface area contributed by atoms with Gasteiger partial charge in [0.2, 0.25) is 0 Å². The molecule has 0 spiro atoms. The second-order valence-electron chi connectivity index (χ2n) is 7.84. The predicted octanol–water partition coefficient (Wildman–Crippen LogP) is 4.26. The zero-order valence-electron chi connectivity index (χ0n) is 18.3. The molecule has 1 heterocycles. The van der Waals surface area contributed by atoms with E-state index in [-0.39, 0.29) is 30.8 Å².